The first-order valence-electron chi connectivity index (χ1n) is 11.4. The van der Waals surface area contributed by atoms with Gasteiger partial charge in [0.1, 0.15) is 27.9 Å². The van der Waals surface area contributed by atoms with Crippen LogP contribution in [0.3, 0.4) is 0 Å². The number of nitro benzene ring substituents is 2. The predicted molar refractivity (Wildman–Crippen MR) is 146 cm³/mol. The van der Waals surface area contributed by atoms with Crippen molar-refractivity contribution in [1.82, 2.24) is 9.97 Å². The zero-order valence-electron chi connectivity index (χ0n) is 21.0. The summed E-state index contributed by atoms with van der Waals surface area (Å²) in [5, 5.41) is 29.0. The van der Waals surface area contributed by atoms with Gasteiger partial charge in [0.05, 0.1) is 9.85 Å². The van der Waals surface area contributed by atoms with Crippen molar-refractivity contribution in [3.05, 3.63) is 104 Å². The molecule has 0 bridgehead atoms. The van der Waals surface area contributed by atoms with Gasteiger partial charge in [-0.3, -0.25) is 25.0 Å². The Kier molecular flexibility index (Phi) is 7.40. The van der Waals surface area contributed by atoms with Crippen molar-refractivity contribution in [2.45, 2.75) is 25.7 Å². The van der Waals surface area contributed by atoms with Crippen molar-refractivity contribution >= 4 is 50.1 Å². The fourth-order valence-electron chi connectivity index (χ4n) is 3.66. The maximum Gasteiger partial charge on any atom is 0.280 e. The van der Waals surface area contributed by atoms with E-state index in [2.05, 4.69) is 25.3 Å². The molecule has 0 aliphatic carbocycles. The maximum absolute atomic E-state index is 12.9. The first kappa shape index (κ1) is 26.9. The molecular weight excluding hydrogens is 526 g/mol. The summed E-state index contributed by atoms with van der Waals surface area (Å²) in [4.78, 5) is 29.1. The number of nitro groups is 2. The fourth-order valence-corrected chi connectivity index (χ4v) is 4.76. The van der Waals surface area contributed by atoms with Crippen molar-refractivity contribution in [1.29, 1.82) is 0 Å². The molecule has 3 N–H and O–H groups in total. The quantitative estimate of drug-likeness (QED) is 0.178. The Morgan fingerprint density at radius 1 is 0.692 bits per heavy atom. The predicted octanol–water partition coefficient (Wildman–Crippen LogP) is 5.51. The molecule has 0 saturated heterocycles. The van der Waals surface area contributed by atoms with Crippen molar-refractivity contribution < 1.29 is 18.3 Å². The molecular formula is C25H23N7O6S. The summed E-state index contributed by atoms with van der Waals surface area (Å²) in [7, 11) is -4.37. The molecule has 200 valence electrons. The number of rotatable bonds is 9. The van der Waals surface area contributed by atoms with Crippen molar-refractivity contribution in [2.75, 3.05) is 15.4 Å². The van der Waals surface area contributed by atoms with Crippen LogP contribution >= 0.6 is 0 Å². The summed E-state index contributed by atoms with van der Waals surface area (Å²) in [6.45, 7) is 4.94. The highest BCUT2D eigenvalue weighted by Gasteiger charge is 2.28. The molecule has 0 saturated carbocycles. The number of nitrogens with zero attached hydrogens (tertiary/aromatic N) is 4. The van der Waals surface area contributed by atoms with E-state index in [0.29, 0.717) is 23.1 Å². The molecule has 4 rings (SSSR count). The molecule has 0 amide bonds. The van der Waals surface area contributed by atoms with E-state index in [9.17, 15) is 28.6 Å². The molecule has 1 heterocycles. The molecule has 3 aromatic carbocycles. The molecule has 39 heavy (non-hydrogen) atoms. The standard InChI is InChI=1S/C25H23N7O6S/c1-15-4-6-18(7-5-15)28-24-14-25(27-17(3)26-24)29-19-8-10-20(11-9-19)30-39(37,38)21-12-22(31(33)34)16(2)23(13-21)32(35)36/h4-14,30H,1-3H3,(H2,26,27,28,29). The van der Waals surface area contributed by atoms with Gasteiger partial charge in [0, 0.05) is 35.3 Å². The van der Waals surface area contributed by atoms with Gasteiger partial charge in [-0.25, -0.2) is 18.4 Å². The Morgan fingerprint density at radius 3 is 1.59 bits per heavy atom. The van der Waals surface area contributed by atoms with Gasteiger partial charge in [-0.2, -0.15) is 0 Å². The average molecular weight is 550 g/mol. The molecule has 0 fully saturated rings. The van der Waals surface area contributed by atoms with Gasteiger partial charge in [0.15, 0.2) is 0 Å². The summed E-state index contributed by atoms with van der Waals surface area (Å²) >= 11 is 0. The van der Waals surface area contributed by atoms with Crippen molar-refractivity contribution in [3.63, 3.8) is 0 Å². The van der Waals surface area contributed by atoms with Crippen molar-refractivity contribution in [3.8, 4) is 0 Å². The molecule has 0 unspecified atom stereocenters. The second-order valence-electron chi connectivity index (χ2n) is 8.59. The van der Waals surface area contributed by atoms with Crippen LogP contribution in [0.15, 0.2) is 71.6 Å². The van der Waals surface area contributed by atoms with E-state index in [-0.39, 0.29) is 11.3 Å². The topological polar surface area (TPSA) is 182 Å². The van der Waals surface area contributed by atoms with Crippen LogP contribution in [0.1, 0.15) is 17.0 Å². The Labute approximate surface area is 223 Å². The SMILES string of the molecule is Cc1ccc(Nc2cc(Nc3ccc(NS(=O)(=O)c4cc([N+](=O)[O-])c(C)c([N+](=O)[O-])c4)cc3)nc(C)n2)cc1. The molecule has 0 radical (unpaired) electrons. The summed E-state index contributed by atoms with van der Waals surface area (Å²) in [5.41, 5.74) is 1.17. The van der Waals surface area contributed by atoms with E-state index in [1.165, 1.54) is 19.1 Å². The fraction of sp³-hybridized carbons (Fsp3) is 0.120. The number of nitrogens with one attached hydrogen (secondary N) is 3. The average Bonchev–Trinajstić information content (AvgIpc) is 2.86. The zero-order chi connectivity index (χ0) is 28.3. The van der Waals surface area contributed by atoms with Gasteiger partial charge in [-0.15, -0.1) is 0 Å². The highest BCUT2D eigenvalue weighted by molar-refractivity contribution is 7.92. The lowest BCUT2D eigenvalue weighted by Crippen LogP contribution is -2.14. The Bertz CT molecular complexity index is 1640. The summed E-state index contributed by atoms with van der Waals surface area (Å²) in [6.07, 6.45) is 0. The Hall–Kier alpha value is -5.11. The van der Waals surface area contributed by atoms with Crippen LogP contribution in [0.4, 0.5) is 40.1 Å². The largest absolute Gasteiger partial charge is 0.340 e. The summed E-state index contributed by atoms with van der Waals surface area (Å²) < 4.78 is 28.1. The molecule has 0 aliphatic heterocycles. The number of hydrogen-bond acceptors (Lipinski definition) is 10. The minimum absolute atomic E-state index is 0.145. The second kappa shape index (κ2) is 10.7. The number of hydrogen-bond donors (Lipinski definition) is 3. The Balaban J connectivity index is 1.52. The van der Waals surface area contributed by atoms with Gasteiger partial charge < -0.3 is 10.6 Å². The minimum atomic E-state index is -4.37. The molecule has 13 nitrogen and oxygen atoms in total. The van der Waals surface area contributed by atoms with Crippen LogP contribution < -0.4 is 15.4 Å². The molecule has 4 aromatic rings. The van der Waals surface area contributed by atoms with E-state index < -0.39 is 36.1 Å². The first-order valence-corrected chi connectivity index (χ1v) is 12.9. The molecule has 0 spiro atoms. The number of anilines is 5. The third-order valence-electron chi connectivity index (χ3n) is 5.60. The lowest BCUT2D eigenvalue weighted by atomic mass is 10.1. The monoisotopic (exact) mass is 549 g/mol. The number of aryl methyl sites for hydroxylation is 2. The van der Waals surface area contributed by atoms with E-state index >= 15 is 0 Å². The van der Waals surface area contributed by atoms with Crippen LogP contribution in [-0.4, -0.2) is 28.2 Å². The minimum Gasteiger partial charge on any atom is -0.340 e. The number of aromatic nitrogens is 2. The third-order valence-corrected chi connectivity index (χ3v) is 6.96. The summed E-state index contributed by atoms with van der Waals surface area (Å²) in [5.74, 6) is 1.62. The Morgan fingerprint density at radius 2 is 1.13 bits per heavy atom. The lowest BCUT2D eigenvalue weighted by Gasteiger charge is -2.12. The van der Waals surface area contributed by atoms with E-state index in [1.807, 2.05) is 31.2 Å². The second-order valence-corrected chi connectivity index (χ2v) is 10.3. The molecule has 0 aliphatic rings. The highest BCUT2D eigenvalue weighted by atomic mass is 32.2. The number of sulfonamides is 1. The van der Waals surface area contributed by atoms with Gasteiger partial charge in [0.2, 0.25) is 0 Å². The van der Waals surface area contributed by atoms with Crippen molar-refractivity contribution in [2.24, 2.45) is 0 Å². The molecule has 14 heteroatoms. The first-order chi connectivity index (χ1) is 18.4. The molecule has 0 atom stereocenters. The highest BCUT2D eigenvalue weighted by Crippen LogP contribution is 2.32. The maximum atomic E-state index is 12.9. The van der Waals surface area contributed by atoms with Crippen LogP contribution in [0.5, 0.6) is 0 Å². The zero-order valence-corrected chi connectivity index (χ0v) is 21.8. The van der Waals surface area contributed by atoms with Gasteiger partial charge in [0.25, 0.3) is 21.4 Å². The van der Waals surface area contributed by atoms with Crippen LogP contribution in [0.2, 0.25) is 0 Å². The van der Waals surface area contributed by atoms with Crippen LogP contribution in [0, 0.1) is 41.0 Å². The normalized spacial score (nSPS) is 11.1. The third kappa shape index (κ3) is 6.42. The van der Waals surface area contributed by atoms with E-state index in [0.717, 1.165) is 23.4 Å². The van der Waals surface area contributed by atoms with E-state index in [4.69, 9.17) is 0 Å². The van der Waals surface area contributed by atoms with Gasteiger partial charge in [-0.05, 0) is 57.2 Å². The van der Waals surface area contributed by atoms with Crippen LogP contribution in [-0.2, 0) is 10.0 Å². The summed E-state index contributed by atoms with van der Waals surface area (Å²) in [6, 6.07) is 17.3. The molecule has 1 aromatic heterocycles. The van der Waals surface area contributed by atoms with Gasteiger partial charge in [-0.1, -0.05) is 17.7 Å². The van der Waals surface area contributed by atoms with E-state index in [1.54, 1.807) is 25.1 Å². The van der Waals surface area contributed by atoms with Crippen LogP contribution in [0.25, 0.3) is 0 Å². The lowest BCUT2D eigenvalue weighted by molar-refractivity contribution is -0.395. The van der Waals surface area contributed by atoms with Gasteiger partial charge >= 0.3 is 0 Å². The number of benzene rings is 3. The smallest absolute Gasteiger partial charge is 0.280 e.